The van der Waals surface area contributed by atoms with Crippen LogP contribution in [0.4, 0.5) is 4.39 Å². The van der Waals surface area contributed by atoms with Crippen molar-refractivity contribution in [2.45, 2.75) is 59.3 Å². The first-order valence-electron chi connectivity index (χ1n) is 9.47. The van der Waals surface area contributed by atoms with Gasteiger partial charge in [-0.15, -0.1) is 0 Å². The van der Waals surface area contributed by atoms with E-state index in [2.05, 4.69) is 38.0 Å². The Morgan fingerprint density at radius 1 is 0.963 bits per heavy atom. The molecule has 3 aliphatic rings. The third-order valence-electron chi connectivity index (χ3n) is 5.83. The molecule has 0 fully saturated rings. The van der Waals surface area contributed by atoms with Crippen LogP contribution >= 0.6 is 0 Å². The van der Waals surface area contributed by atoms with Crippen LogP contribution in [0.3, 0.4) is 0 Å². The topological polar surface area (TPSA) is 59.1 Å². The second-order valence-electron chi connectivity index (χ2n) is 9.62. The second kappa shape index (κ2) is 5.85. The summed E-state index contributed by atoms with van der Waals surface area (Å²) in [4.78, 5) is 30.0. The van der Waals surface area contributed by atoms with Crippen LogP contribution in [0.5, 0.6) is 0 Å². The number of allylic oxidation sites excluding steroid dienone is 4. The molecule has 0 saturated carbocycles. The lowest BCUT2D eigenvalue weighted by molar-refractivity contribution is -0.119. The average molecular weight is 368 g/mol. The smallest absolute Gasteiger partial charge is 0.162 e. The highest BCUT2D eigenvalue weighted by Crippen LogP contribution is 2.51. The molecule has 2 heterocycles. The normalized spacial score (nSPS) is 24.5. The van der Waals surface area contributed by atoms with Gasteiger partial charge in [-0.05, 0) is 29.7 Å². The molecule has 1 aromatic rings. The van der Waals surface area contributed by atoms with Gasteiger partial charge in [0.25, 0.3) is 0 Å². The van der Waals surface area contributed by atoms with E-state index in [4.69, 9.17) is 0 Å². The number of aromatic nitrogens is 1. The van der Waals surface area contributed by atoms with Crippen LogP contribution < -0.4 is 5.32 Å². The third-order valence-corrected chi connectivity index (χ3v) is 5.83. The Hall–Kier alpha value is -2.30. The summed E-state index contributed by atoms with van der Waals surface area (Å²) in [5, 5.41) is 3.43. The first kappa shape index (κ1) is 18.1. The lowest BCUT2D eigenvalue weighted by Gasteiger charge is -2.43. The van der Waals surface area contributed by atoms with E-state index in [9.17, 15) is 14.0 Å². The number of carbonyl (C=O) groups is 2. The van der Waals surface area contributed by atoms with Crippen LogP contribution in [-0.2, 0) is 9.59 Å². The molecule has 0 atom stereocenters. The highest BCUT2D eigenvalue weighted by molar-refractivity contribution is 6.06. The van der Waals surface area contributed by atoms with Crippen molar-refractivity contribution in [3.05, 3.63) is 52.4 Å². The number of pyridine rings is 1. The fraction of sp³-hybridized carbons (Fsp3) is 0.500. The molecule has 0 saturated heterocycles. The minimum atomic E-state index is -0.633. The Morgan fingerprint density at radius 2 is 1.48 bits per heavy atom. The van der Waals surface area contributed by atoms with E-state index in [1.54, 1.807) is 6.07 Å². The summed E-state index contributed by atoms with van der Waals surface area (Å²) in [6.07, 6.45) is 4.91. The summed E-state index contributed by atoms with van der Waals surface area (Å²) in [5.41, 5.74) is 2.88. The lowest BCUT2D eigenvalue weighted by atomic mass is 9.64. The Kier molecular flexibility index (Phi) is 3.92. The number of rotatable bonds is 1. The van der Waals surface area contributed by atoms with Crippen molar-refractivity contribution in [1.82, 2.24) is 10.3 Å². The highest BCUT2D eigenvalue weighted by atomic mass is 19.1. The zero-order valence-corrected chi connectivity index (χ0v) is 16.3. The third kappa shape index (κ3) is 3.03. The summed E-state index contributed by atoms with van der Waals surface area (Å²) in [5.74, 6) is -1.11. The number of ketones is 2. The lowest BCUT2D eigenvalue weighted by Crippen LogP contribution is -2.42. The molecule has 2 aliphatic carbocycles. The SMILES string of the molecule is CC1(C)CC(=O)C2=C(C1)NC1=C(C(=O)CC(C)(C)C1)C2c1ccncc1F. The molecule has 0 aromatic carbocycles. The van der Waals surface area contributed by atoms with Crippen molar-refractivity contribution in [2.75, 3.05) is 0 Å². The quantitative estimate of drug-likeness (QED) is 0.807. The molecule has 0 spiro atoms. The maximum absolute atomic E-state index is 14.7. The van der Waals surface area contributed by atoms with Crippen molar-refractivity contribution in [1.29, 1.82) is 0 Å². The Bertz CT molecular complexity index is 872. The number of nitrogens with one attached hydrogen (secondary N) is 1. The number of hydrogen-bond acceptors (Lipinski definition) is 4. The summed E-state index contributed by atoms with van der Waals surface area (Å²) in [7, 11) is 0. The molecular formula is C22H25FN2O2. The number of dihydropyridines is 1. The highest BCUT2D eigenvalue weighted by Gasteiger charge is 2.46. The van der Waals surface area contributed by atoms with Gasteiger partial charge >= 0.3 is 0 Å². The fourth-order valence-corrected chi connectivity index (χ4v) is 4.82. The minimum Gasteiger partial charge on any atom is -0.362 e. The first-order valence-corrected chi connectivity index (χ1v) is 9.47. The minimum absolute atomic E-state index is 0.000791. The van der Waals surface area contributed by atoms with E-state index in [-0.39, 0.29) is 22.4 Å². The summed E-state index contributed by atoms with van der Waals surface area (Å²) < 4.78 is 14.7. The van der Waals surface area contributed by atoms with Gasteiger partial charge in [-0.2, -0.15) is 0 Å². The van der Waals surface area contributed by atoms with E-state index in [0.717, 1.165) is 17.6 Å². The standard InChI is InChI=1S/C22H25FN2O2/c1-21(2)7-14-19(16(26)9-21)18(12-5-6-24-11-13(12)23)20-15(25-14)8-22(3,4)10-17(20)27/h5-6,11,18,25H,7-10H2,1-4H3. The van der Waals surface area contributed by atoms with Gasteiger partial charge in [-0.1, -0.05) is 27.7 Å². The monoisotopic (exact) mass is 368 g/mol. The van der Waals surface area contributed by atoms with E-state index in [1.807, 2.05) is 0 Å². The van der Waals surface area contributed by atoms with Crippen LogP contribution in [0.1, 0.15) is 64.9 Å². The van der Waals surface area contributed by atoms with Crippen molar-refractivity contribution < 1.29 is 14.0 Å². The summed E-state index contributed by atoms with van der Waals surface area (Å²) in [6, 6.07) is 1.60. The van der Waals surface area contributed by atoms with Gasteiger partial charge in [0.2, 0.25) is 0 Å². The molecule has 27 heavy (non-hydrogen) atoms. The maximum atomic E-state index is 14.7. The van der Waals surface area contributed by atoms with E-state index >= 15 is 0 Å². The molecule has 0 bridgehead atoms. The molecule has 1 N–H and O–H groups in total. The fourth-order valence-electron chi connectivity index (χ4n) is 4.82. The van der Waals surface area contributed by atoms with Crippen molar-refractivity contribution in [3.63, 3.8) is 0 Å². The van der Waals surface area contributed by atoms with Crippen LogP contribution in [0.25, 0.3) is 0 Å². The summed E-state index contributed by atoms with van der Waals surface area (Å²) in [6.45, 7) is 8.27. The molecule has 0 amide bonds. The molecule has 0 unspecified atom stereocenters. The first-order chi connectivity index (χ1) is 12.6. The van der Waals surface area contributed by atoms with E-state index < -0.39 is 11.7 Å². The molecule has 4 nitrogen and oxygen atoms in total. The Morgan fingerprint density at radius 3 is 1.96 bits per heavy atom. The Balaban J connectivity index is 1.94. The summed E-state index contributed by atoms with van der Waals surface area (Å²) >= 11 is 0. The van der Waals surface area contributed by atoms with Gasteiger partial charge in [0.15, 0.2) is 11.6 Å². The molecule has 142 valence electrons. The molecular weight excluding hydrogens is 343 g/mol. The van der Waals surface area contributed by atoms with Crippen LogP contribution in [0.2, 0.25) is 0 Å². The zero-order chi connectivity index (χ0) is 19.6. The molecule has 0 radical (unpaired) electrons. The average Bonchev–Trinajstić information content (AvgIpc) is 2.51. The predicted molar refractivity (Wildman–Crippen MR) is 100 cm³/mol. The second-order valence-corrected chi connectivity index (χ2v) is 9.62. The van der Waals surface area contributed by atoms with E-state index in [1.165, 1.54) is 6.20 Å². The molecule has 4 rings (SSSR count). The zero-order valence-electron chi connectivity index (χ0n) is 16.3. The largest absolute Gasteiger partial charge is 0.362 e. The number of halogens is 1. The van der Waals surface area contributed by atoms with Crippen LogP contribution in [0.15, 0.2) is 41.0 Å². The maximum Gasteiger partial charge on any atom is 0.162 e. The van der Waals surface area contributed by atoms with Gasteiger partial charge in [0.05, 0.1) is 6.20 Å². The Labute approximate surface area is 158 Å². The van der Waals surface area contributed by atoms with Crippen molar-refractivity contribution in [2.24, 2.45) is 10.8 Å². The predicted octanol–water partition coefficient (Wildman–Crippen LogP) is 4.19. The molecule has 1 aliphatic heterocycles. The van der Waals surface area contributed by atoms with Gasteiger partial charge in [0.1, 0.15) is 5.82 Å². The van der Waals surface area contributed by atoms with Crippen molar-refractivity contribution >= 4 is 11.6 Å². The molecule has 5 heteroatoms. The number of Topliss-reactive ketones (excluding diaryl/α,β-unsaturated/α-hetero) is 2. The van der Waals surface area contributed by atoms with Gasteiger partial charge in [-0.3, -0.25) is 14.6 Å². The number of nitrogens with zero attached hydrogens (tertiary/aromatic N) is 1. The van der Waals surface area contributed by atoms with Crippen LogP contribution in [-0.4, -0.2) is 16.6 Å². The molecule has 1 aromatic heterocycles. The van der Waals surface area contributed by atoms with Gasteiger partial charge < -0.3 is 5.32 Å². The van der Waals surface area contributed by atoms with E-state index in [0.29, 0.717) is 42.4 Å². The van der Waals surface area contributed by atoms with Crippen LogP contribution in [0, 0.1) is 16.6 Å². The number of hydrogen-bond donors (Lipinski definition) is 1. The van der Waals surface area contributed by atoms with Gasteiger partial charge in [-0.25, -0.2) is 4.39 Å². The van der Waals surface area contributed by atoms with Crippen molar-refractivity contribution in [3.8, 4) is 0 Å². The van der Waals surface area contributed by atoms with Gasteiger partial charge in [0, 0.05) is 53.1 Å². The number of carbonyl (C=O) groups excluding carboxylic acids is 2.